The highest BCUT2D eigenvalue weighted by molar-refractivity contribution is 5.47. The molecule has 0 amide bonds. The van der Waals surface area contributed by atoms with Gasteiger partial charge in [-0.2, -0.15) is 0 Å². The maximum absolute atomic E-state index is 13.8. The third-order valence-corrected chi connectivity index (χ3v) is 3.50. The van der Waals surface area contributed by atoms with Gasteiger partial charge in [0.05, 0.1) is 6.54 Å². The lowest BCUT2D eigenvalue weighted by atomic mass is 10.1. The zero-order valence-corrected chi connectivity index (χ0v) is 11.5. The zero-order chi connectivity index (χ0) is 14.7. The Morgan fingerprint density at radius 3 is 2.48 bits per heavy atom. The van der Waals surface area contributed by atoms with Crippen LogP contribution in [0.4, 0.5) is 10.1 Å². The maximum Gasteiger partial charge on any atom is 0.128 e. The summed E-state index contributed by atoms with van der Waals surface area (Å²) in [6.45, 7) is 0.467. The van der Waals surface area contributed by atoms with Gasteiger partial charge in [0.25, 0.3) is 0 Å². The molecule has 0 bridgehead atoms. The number of anilines is 1. The van der Waals surface area contributed by atoms with Gasteiger partial charge in [0, 0.05) is 30.1 Å². The predicted octanol–water partition coefficient (Wildman–Crippen LogP) is 3.24. The van der Waals surface area contributed by atoms with Gasteiger partial charge in [0.1, 0.15) is 11.6 Å². The molecule has 0 aliphatic carbocycles. The fourth-order valence-corrected chi connectivity index (χ4v) is 2.33. The number of nitrogen functional groups attached to an aromatic ring is 1. The SMILES string of the molecule is Nc1ccccc1Cc1nccn1Cc1ccccc1F. The van der Waals surface area contributed by atoms with Gasteiger partial charge in [-0.25, -0.2) is 9.37 Å². The standard InChI is InChI=1S/C17H16FN3/c18-15-7-3-1-6-14(15)12-21-10-9-20-17(21)11-13-5-2-4-8-16(13)19/h1-10H,11-12,19H2. The molecular weight excluding hydrogens is 265 g/mol. The number of aromatic nitrogens is 2. The molecule has 0 aliphatic rings. The Balaban J connectivity index is 1.85. The molecule has 0 aliphatic heterocycles. The number of halogens is 1. The van der Waals surface area contributed by atoms with Crippen LogP contribution in [0.1, 0.15) is 17.0 Å². The summed E-state index contributed by atoms with van der Waals surface area (Å²) in [5, 5.41) is 0. The van der Waals surface area contributed by atoms with Crippen molar-refractivity contribution < 1.29 is 4.39 Å². The molecule has 0 unspecified atom stereocenters. The van der Waals surface area contributed by atoms with Gasteiger partial charge in [-0.05, 0) is 17.7 Å². The van der Waals surface area contributed by atoms with Gasteiger partial charge in [0.15, 0.2) is 0 Å². The molecule has 21 heavy (non-hydrogen) atoms. The Morgan fingerprint density at radius 1 is 1.00 bits per heavy atom. The largest absolute Gasteiger partial charge is 0.398 e. The van der Waals surface area contributed by atoms with Gasteiger partial charge >= 0.3 is 0 Å². The second-order valence-electron chi connectivity index (χ2n) is 4.94. The van der Waals surface area contributed by atoms with E-state index >= 15 is 0 Å². The van der Waals surface area contributed by atoms with E-state index in [4.69, 9.17) is 5.73 Å². The van der Waals surface area contributed by atoms with E-state index in [2.05, 4.69) is 4.98 Å². The van der Waals surface area contributed by atoms with E-state index in [0.29, 0.717) is 18.5 Å². The number of benzene rings is 2. The Labute approximate surface area is 122 Å². The Hall–Kier alpha value is -2.62. The summed E-state index contributed by atoms with van der Waals surface area (Å²) < 4.78 is 15.7. The third kappa shape index (κ3) is 2.94. The molecule has 0 radical (unpaired) electrons. The minimum Gasteiger partial charge on any atom is -0.398 e. The highest BCUT2D eigenvalue weighted by atomic mass is 19.1. The molecule has 0 fully saturated rings. The maximum atomic E-state index is 13.8. The van der Waals surface area contributed by atoms with Crippen molar-refractivity contribution in [3.8, 4) is 0 Å². The molecule has 3 aromatic rings. The molecule has 0 saturated carbocycles. The summed E-state index contributed by atoms with van der Waals surface area (Å²) in [6.07, 6.45) is 4.23. The quantitative estimate of drug-likeness (QED) is 0.746. The third-order valence-electron chi connectivity index (χ3n) is 3.50. The van der Waals surface area contributed by atoms with Gasteiger partial charge < -0.3 is 10.3 Å². The van der Waals surface area contributed by atoms with Crippen molar-refractivity contribution in [1.82, 2.24) is 9.55 Å². The lowest BCUT2D eigenvalue weighted by Crippen LogP contribution is -2.07. The Kier molecular flexibility index (Phi) is 3.69. The summed E-state index contributed by atoms with van der Waals surface area (Å²) in [5.41, 5.74) is 8.39. The van der Waals surface area contributed by atoms with E-state index in [-0.39, 0.29) is 5.82 Å². The first-order valence-corrected chi connectivity index (χ1v) is 6.81. The topological polar surface area (TPSA) is 43.8 Å². The van der Waals surface area contributed by atoms with E-state index in [0.717, 1.165) is 17.1 Å². The summed E-state index contributed by atoms with van der Waals surface area (Å²) in [7, 11) is 0. The first-order valence-electron chi connectivity index (χ1n) is 6.81. The van der Waals surface area contributed by atoms with Crippen LogP contribution in [0.25, 0.3) is 0 Å². The van der Waals surface area contributed by atoms with Crippen molar-refractivity contribution in [3.63, 3.8) is 0 Å². The predicted molar refractivity (Wildman–Crippen MR) is 81.4 cm³/mol. The van der Waals surface area contributed by atoms with Crippen LogP contribution in [0.3, 0.4) is 0 Å². The van der Waals surface area contributed by atoms with Crippen LogP contribution < -0.4 is 5.73 Å². The van der Waals surface area contributed by atoms with Crippen molar-refractivity contribution in [2.24, 2.45) is 0 Å². The minimum absolute atomic E-state index is 0.198. The van der Waals surface area contributed by atoms with E-state index in [9.17, 15) is 4.39 Å². The van der Waals surface area contributed by atoms with Crippen molar-refractivity contribution in [2.75, 3.05) is 5.73 Å². The molecule has 2 aromatic carbocycles. The van der Waals surface area contributed by atoms with Crippen LogP contribution in [-0.2, 0) is 13.0 Å². The van der Waals surface area contributed by atoms with Crippen LogP contribution in [0.2, 0.25) is 0 Å². The monoisotopic (exact) mass is 281 g/mol. The normalized spacial score (nSPS) is 10.7. The number of nitrogens with two attached hydrogens (primary N) is 1. The van der Waals surface area contributed by atoms with Crippen LogP contribution in [-0.4, -0.2) is 9.55 Å². The average molecular weight is 281 g/mol. The van der Waals surface area contributed by atoms with E-state index in [1.807, 2.05) is 41.1 Å². The first-order chi connectivity index (χ1) is 10.2. The number of hydrogen-bond donors (Lipinski definition) is 1. The smallest absolute Gasteiger partial charge is 0.128 e. The molecule has 0 atom stereocenters. The van der Waals surface area contributed by atoms with Gasteiger partial charge in [0.2, 0.25) is 0 Å². The Morgan fingerprint density at radius 2 is 1.71 bits per heavy atom. The Bertz CT molecular complexity index is 687. The molecule has 106 valence electrons. The van der Waals surface area contributed by atoms with Crippen molar-refractivity contribution in [2.45, 2.75) is 13.0 Å². The second-order valence-corrected chi connectivity index (χ2v) is 4.94. The molecule has 3 nitrogen and oxygen atoms in total. The average Bonchev–Trinajstić information content (AvgIpc) is 2.91. The highest BCUT2D eigenvalue weighted by Gasteiger charge is 2.08. The molecule has 3 rings (SSSR count). The fraction of sp³-hybridized carbons (Fsp3) is 0.118. The van der Waals surface area contributed by atoms with Gasteiger partial charge in [-0.3, -0.25) is 0 Å². The minimum atomic E-state index is -0.198. The van der Waals surface area contributed by atoms with Crippen molar-refractivity contribution in [1.29, 1.82) is 0 Å². The fourth-order valence-electron chi connectivity index (χ4n) is 2.33. The van der Waals surface area contributed by atoms with E-state index in [1.54, 1.807) is 18.3 Å². The first kappa shape index (κ1) is 13.4. The lowest BCUT2D eigenvalue weighted by Gasteiger charge is -2.10. The molecule has 0 saturated heterocycles. The zero-order valence-electron chi connectivity index (χ0n) is 11.5. The number of imidazole rings is 1. The molecule has 1 aromatic heterocycles. The van der Waals surface area contributed by atoms with Gasteiger partial charge in [-0.15, -0.1) is 0 Å². The highest BCUT2D eigenvalue weighted by Crippen LogP contribution is 2.16. The number of nitrogens with zero attached hydrogens (tertiary/aromatic N) is 2. The van der Waals surface area contributed by atoms with E-state index in [1.165, 1.54) is 6.07 Å². The van der Waals surface area contributed by atoms with Crippen LogP contribution in [0.15, 0.2) is 60.9 Å². The number of para-hydroxylation sites is 1. The summed E-state index contributed by atoms with van der Waals surface area (Å²) in [5.74, 6) is 0.674. The van der Waals surface area contributed by atoms with Crippen LogP contribution in [0.5, 0.6) is 0 Å². The number of hydrogen-bond acceptors (Lipinski definition) is 2. The molecule has 2 N–H and O–H groups in total. The lowest BCUT2D eigenvalue weighted by molar-refractivity contribution is 0.595. The summed E-state index contributed by atoms with van der Waals surface area (Å²) in [4.78, 5) is 4.36. The van der Waals surface area contributed by atoms with Crippen molar-refractivity contribution in [3.05, 3.63) is 83.7 Å². The number of rotatable bonds is 4. The molecule has 4 heteroatoms. The summed E-state index contributed by atoms with van der Waals surface area (Å²) in [6, 6.07) is 14.5. The molecular formula is C17H16FN3. The summed E-state index contributed by atoms with van der Waals surface area (Å²) >= 11 is 0. The molecule has 1 heterocycles. The second kappa shape index (κ2) is 5.79. The van der Waals surface area contributed by atoms with Gasteiger partial charge in [-0.1, -0.05) is 36.4 Å². The van der Waals surface area contributed by atoms with Crippen molar-refractivity contribution >= 4 is 5.69 Å². The van der Waals surface area contributed by atoms with E-state index < -0.39 is 0 Å². The van der Waals surface area contributed by atoms with Crippen LogP contribution >= 0.6 is 0 Å². The molecule has 0 spiro atoms. The van der Waals surface area contributed by atoms with Crippen LogP contribution in [0, 0.1) is 5.82 Å².